The predicted molar refractivity (Wildman–Crippen MR) is 113 cm³/mol. The second kappa shape index (κ2) is 9.13. The van der Waals surface area contributed by atoms with E-state index in [4.69, 9.17) is 4.74 Å². The van der Waals surface area contributed by atoms with Gasteiger partial charge in [-0.1, -0.05) is 48.8 Å². The summed E-state index contributed by atoms with van der Waals surface area (Å²) in [6, 6.07) is 10.5. The quantitative estimate of drug-likeness (QED) is 0.383. The van der Waals surface area contributed by atoms with Crippen molar-refractivity contribution in [2.75, 3.05) is 13.2 Å². The number of nitrogens with one attached hydrogen (secondary N) is 1. The first kappa shape index (κ1) is 22.6. The molecule has 0 radical (unpaired) electrons. The Kier molecular flexibility index (Phi) is 6.26. The summed E-state index contributed by atoms with van der Waals surface area (Å²) in [5.41, 5.74) is 1.37. The van der Waals surface area contributed by atoms with Gasteiger partial charge in [0.15, 0.2) is 0 Å². The van der Waals surface area contributed by atoms with Gasteiger partial charge in [-0.05, 0) is 30.5 Å². The zero-order valence-corrected chi connectivity index (χ0v) is 17.8. The van der Waals surface area contributed by atoms with Crippen molar-refractivity contribution in [1.82, 2.24) is 15.4 Å². The summed E-state index contributed by atoms with van der Waals surface area (Å²) in [6.07, 6.45) is -3.15. The zero-order valence-electron chi connectivity index (χ0n) is 17.8. The van der Waals surface area contributed by atoms with Gasteiger partial charge in [0.25, 0.3) is 5.91 Å². The van der Waals surface area contributed by atoms with Gasteiger partial charge in [-0.3, -0.25) is 9.69 Å². The highest BCUT2D eigenvalue weighted by atomic mass is 19.4. The second-order valence-corrected chi connectivity index (χ2v) is 7.68. The van der Waals surface area contributed by atoms with Crippen molar-refractivity contribution in [3.8, 4) is 5.75 Å². The minimum Gasteiger partial charge on any atom is -0.493 e. The Morgan fingerprint density at radius 3 is 2.61 bits per heavy atom. The van der Waals surface area contributed by atoms with Crippen molar-refractivity contribution in [1.29, 1.82) is 0 Å². The lowest BCUT2D eigenvalue weighted by molar-refractivity contribution is -0.154. The molecule has 1 aliphatic rings. The third-order valence-corrected chi connectivity index (χ3v) is 5.41. The summed E-state index contributed by atoms with van der Waals surface area (Å²) < 4.78 is 49.8. The first-order valence-corrected chi connectivity index (χ1v) is 10.6. The largest absolute Gasteiger partial charge is 0.493 e. The average molecular weight is 461 g/mol. The first-order valence-electron chi connectivity index (χ1n) is 10.6. The molecule has 0 saturated carbocycles. The molecule has 3 amide bonds. The summed E-state index contributed by atoms with van der Waals surface area (Å²) in [7, 11) is 0. The zero-order chi connectivity index (χ0) is 23.6. The number of halogens is 3. The van der Waals surface area contributed by atoms with Crippen LogP contribution < -0.4 is 10.1 Å². The molecule has 1 N–H and O–H groups in total. The molecule has 0 aliphatic carbocycles. The average Bonchev–Trinajstić information content (AvgIpc) is 3.35. The van der Waals surface area contributed by atoms with E-state index in [1.165, 1.54) is 12.1 Å². The number of amides is 3. The minimum atomic E-state index is -4.64. The van der Waals surface area contributed by atoms with Gasteiger partial charge in [0.1, 0.15) is 17.3 Å². The van der Waals surface area contributed by atoms with Crippen LogP contribution in [0, 0.1) is 0 Å². The van der Waals surface area contributed by atoms with Crippen LogP contribution in [-0.4, -0.2) is 35.1 Å². The highest BCUT2D eigenvalue weighted by Crippen LogP contribution is 2.38. The van der Waals surface area contributed by atoms with Gasteiger partial charge in [0.2, 0.25) is 5.76 Å². The Bertz CT molecular complexity index is 1160. The van der Waals surface area contributed by atoms with Crippen molar-refractivity contribution < 1.29 is 32.0 Å². The lowest BCUT2D eigenvalue weighted by Crippen LogP contribution is -2.32. The van der Waals surface area contributed by atoms with Crippen molar-refractivity contribution >= 4 is 22.8 Å². The standard InChI is InChI=1S/C23H22F3N3O4/c1-2-7-15-17(11-10-16-19(15)28-33-20(16)23(24,25)26)32-13-6-12-29-21(30)18(27-22(29)31)14-8-4-3-5-9-14/h3-5,8-11,18H,2,6-7,12-13H2,1H3,(H,27,31). The van der Waals surface area contributed by atoms with Crippen molar-refractivity contribution in [2.24, 2.45) is 0 Å². The molecule has 3 aromatic rings. The van der Waals surface area contributed by atoms with Crippen molar-refractivity contribution in [3.63, 3.8) is 0 Å². The molecule has 2 heterocycles. The lowest BCUT2D eigenvalue weighted by Gasteiger charge is -2.15. The van der Waals surface area contributed by atoms with E-state index in [9.17, 15) is 22.8 Å². The van der Waals surface area contributed by atoms with Gasteiger partial charge in [0, 0.05) is 12.1 Å². The van der Waals surface area contributed by atoms with Crippen LogP contribution in [0.2, 0.25) is 0 Å². The van der Waals surface area contributed by atoms with E-state index in [1.54, 1.807) is 24.3 Å². The second-order valence-electron chi connectivity index (χ2n) is 7.68. The fourth-order valence-corrected chi connectivity index (χ4v) is 3.88. The smallest absolute Gasteiger partial charge is 0.453 e. The SMILES string of the molecule is CCCc1c(OCCCN2C(=O)NC(c3ccccc3)C2=O)ccc2c(C(F)(F)F)onc12. The maximum absolute atomic E-state index is 13.1. The highest BCUT2D eigenvalue weighted by molar-refractivity contribution is 6.04. The number of hydrogen-bond donors (Lipinski definition) is 1. The topological polar surface area (TPSA) is 84.7 Å². The molecule has 7 nitrogen and oxygen atoms in total. The lowest BCUT2D eigenvalue weighted by atomic mass is 10.0. The first-order chi connectivity index (χ1) is 15.8. The van der Waals surface area contributed by atoms with Crippen LogP contribution in [0.4, 0.5) is 18.0 Å². The van der Waals surface area contributed by atoms with Crippen molar-refractivity contribution in [3.05, 3.63) is 59.4 Å². The molecule has 1 aromatic heterocycles. The Labute approximate surface area is 187 Å². The number of imide groups is 1. The van der Waals surface area contributed by atoms with E-state index in [0.29, 0.717) is 36.1 Å². The van der Waals surface area contributed by atoms with Crippen LogP contribution in [-0.2, 0) is 17.4 Å². The van der Waals surface area contributed by atoms with Crippen LogP contribution in [0.5, 0.6) is 5.75 Å². The number of ether oxygens (including phenoxy) is 1. The summed E-state index contributed by atoms with van der Waals surface area (Å²) in [6.45, 7) is 2.22. The minimum absolute atomic E-state index is 0.107. The van der Waals surface area contributed by atoms with E-state index in [1.807, 2.05) is 13.0 Å². The Hall–Kier alpha value is -3.56. The van der Waals surface area contributed by atoms with Crippen LogP contribution >= 0.6 is 0 Å². The number of carbonyl (C=O) groups excluding carboxylic acids is 2. The number of nitrogens with zero attached hydrogens (tertiary/aromatic N) is 2. The monoisotopic (exact) mass is 461 g/mol. The third kappa shape index (κ3) is 4.50. The molecule has 1 atom stereocenters. The molecule has 1 saturated heterocycles. The van der Waals surface area contributed by atoms with Gasteiger partial charge in [0.05, 0.1) is 12.0 Å². The van der Waals surface area contributed by atoms with Gasteiger partial charge < -0.3 is 14.6 Å². The third-order valence-electron chi connectivity index (χ3n) is 5.41. The van der Waals surface area contributed by atoms with Crippen LogP contribution in [0.25, 0.3) is 10.9 Å². The highest BCUT2D eigenvalue weighted by Gasteiger charge is 2.39. The molecule has 4 rings (SSSR count). The molecule has 10 heteroatoms. The summed E-state index contributed by atoms with van der Waals surface area (Å²) >= 11 is 0. The van der Waals surface area contributed by atoms with Crippen LogP contribution in [0.3, 0.4) is 0 Å². The van der Waals surface area contributed by atoms with Gasteiger partial charge in [-0.2, -0.15) is 13.2 Å². The van der Waals surface area contributed by atoms with Crippen LogP contribution in [0.1, 0.15) is 42.7 Å². The van der Waals surface area contributed by atoms with Crippen LogP contribution in [0.15, 0.2) is 47.0 Å². The number of rotatable bonds is 8. The van der Waals surface area contributed by atoms with E-state index in [2.05, 4.69) is 15.0 Å². The van der Waals surface area contributed by atoms with E-state index in [0.717, 1.165) is 4.90 Å². The Morgan fingerprint density at radius 1 is 1.15 bits per heavy atom. The fourth-order valence-electron chi connectivity index (χ4n) is 3.88. The predicted octanol–water partition coefficient (Wildman–Crippen LogP) is 4.86. The molecular weight excluding hydrogens is 439 g/mol. The van der Waals surface area contributed by atoms with Gasteiger partial charge in [-0.25, -0.2) is 4.79 Å². The molecular formula is C23H22F3N3O4. The molecule has 1 unspecified atom stereocenters. The molecule has 33 heavy (non-hydrogen) atoms. The van der Waals surface area contributed by atoms with Gasteiger partial charge >= 0.3 is 12.2 Å². The normalized spacial score (nSPS) is 16.5. The van der Waals surface area contributed by atoms with E-state index in [-0.39, 0.29) is 30.0 Å². The summed E-state index contributed by atoms with van der Waals surface area (Å²) in [5, 5.41) is 6.20. The Balaban J connectivity index is 1.41. The number of fused-ring (bicyclic) bond motifs is 1. The number of urea groups is 1. The molecule has 174 valence electrons. The molecule has 2 aromatic carbocycles. The van der Waals surface area contributed by atoms with Gasteiger partial charge in [-0.15, -0.1) is 0 Å². The molecule has 1 aliphatic heterocycles. The Morgan fingerprint density at radius 2 is 1.91 bits per heavy atom. The number of alkyl halides is 3. The maximum Gasteiger partial charge on any atom is 0.453 e. The summed E-state index contributed by atoms with van der Waals surface area (Å²) in [4.78, 5) is 26.0. The molecule has 0 spiro atoms. The number of aromatic nitrogens is 1. The number of hydrogen-bond acceptors (Lipinski definition) is 5. The van der Waals surface area contributed by atoms with E-state index >= 15 is 0 Å². The molecule has 1 fully saturated rings. The van der Waals surface area contributed by atoms with E-state index < -0.39 is 24.0 Å². The maximum atomic E-state index is 13.1. The fraction of sp³-hybridized carbons (Fsp3) is 0.348. The number of aryl methyl sites for hydroxylation is 1. The number of carbonyl (C=O) groups is 2. The molecule has 0 bridgehead atoms. The van der Waals surface area contributed by atoms with Crippen molar-refractivity contribution in [2.45, 2.75) is 38.4 Å². The number of benzene rings is 2. The summed E-state index contributed by atoms with van der Waals surface area (Å²) in [5.74, 6) is -1.06.